The number of aliphatic hydroxyl groups is 1. The van der Waals surface area contributed by atoms with Gasteiger partial charge in [-0.1, -0.05) is 69.2 Å². The summed E-state index contributed by atoms with van der Waals surface area (Å²) >= 11 is 0. The van der Waals surface area contributed by atoms with Crippen LogP contribution in [0.3, 0.4) is 0 Å². The third kappa shape index (κ3) is 11.2. The summed E-state index contributed by atoms with van der Waals surface area (Å²) in [5.41, 5.74) is 5.62. The number of likely N-dealkylation sites (N-methyl/N-ethyl adjacent to an activating group) is 1. The lowest BCUT2D eigenvalue weighted by Crippen LogP contribution is -2.19. The van der Waals surface area contributed by atoms with Gasteiger partial charge in [-0.05, 0) is 74.1 Å². The van der Waals surface area contributed by atoms with Gasteiger partial charge in [0.15, 0.2) is 0 Å². The van der Waals surface area contributed by atoms with Crippen molar-refractivity contribution in [2.24, 2.45) is 0 Å². The summed E-state index contributed by atoms with van der Waals surface area (Å²) in [5, 5.41) is 12.8. The molecule has 1 unspecified atom stereocenters. The number of aryl methyl sites for hydroxylation is 1. The fourth-order valence-corrected chi connectivity index (χ4v) is 3.13. The molecule has 0 spiro atoms. The molecular weight excluding hydrogens is 413 g/mol. The van der Waals surface area contributed by atoms with E-state index in [9.17, 15) is 9.50 Å². The number of alkyl halides is 1. The van der Waals surface area contributed by atoms with Crippen molar-refractivity contribution in [2.75, 3.05) is 19.8 Å². The first kappa shape index (κ1) is 28.4. The molecule has 0 fully saturated rings. The number of allylic oxidation sites excluding steroid dienone is 8. The lowest BCUT2D eigenvalue weighted by molar-refractivity contribution is 0.0842. The van der Waals surface area contributed by atoms with Crippen LogP contribution >= 0.6 is 0 Å². The highest BCUT2D eigenvalue weighted by Crippen LogP contribution is 2.22. The minimum Gasteiger partial charge on any atom is -0.491 e. The van der Waals surface area contributed by atoms with Crippen molar-refractivity contribution in [3.63, 3.8) is 0 Å². The third-order valence-electron chi connectivity index (χ3n) is 5.09. The first-order valence-corrected chi connectivity index (χ1v) is 12.1. The van der Waals surface area contributed by atoms with Crippen LogP contribution in [-0.2, 0) is 0 Å². The first-order chi connectivity index (χ1) is 16.0. The molecule has 2 N–H and O–H groups in total. The van der Waals surface area contributed by atoms with Crippen LogP contribution in [0.2, 0.25) is 0 Å². The lowest BCUT2D eigenvalue weighted by atomic mass is 10.00. The molecule has 1 rings (SSSR count). The van der Waals surface area contributed by atoms with Crippen molar-refractivity contribution in [2.45, 2.75) is 66.4 Å². The topological polar surface area (TPSA) is 41.5 Å². The molecule has 3 nitrogen and oxygen atoms in total. The number of ether oxygens (including phenoxy) is 1. The fourth-order valence-electron chi connectivity index (χ4n) is 3.13. The molecule has 0 aliphatic carbocycles. The predicted octanol–water partition coefficient (Wildman–Crippen LogP) is 7.24. The normalized spacial score (nSPS) is 14.3. The Hall–Kier alpha value is -2.59. The standard InChI is InChI=1S/C29H42FNO2/c1-6-10-12-25(24(8-3)17-18-27(31-9-4)13-11-7-2)15-16-26-20-29(19-14-23(26)5)33-22-28(32)21-30/h8,12-20,28,31-32H,6-7,9-11,21-22H2,1-5H3/b16-15-,18-17-,24-8+,25-12-,27-13-. The number of nitrogens with one attached hydrogen (secondary N) is 1. The van der Waals surface area contributed by atoms with Gasteiger partial charge in [-0.25, -0.2) is 4.39 Å². The van der Waals surface area contributed by atoms with Gasteiger partial charge in [0.2, 0.25) is 0 Å². The number of halogens is 1. The molecule has 0 radical (unpaired) electrons. The average Bonchev–Trinajstić information content (AvgIpc) is 2.83. The Morgan fingerprint density at radius 1 is 1.06 bits per heavy atom. The van der Waals surface area contributed by atoms with Gasteiger partial charge >= 0.3 is 0 Å². The SMILES string of the molecule is C/C=C(\C=C/C(=C/CCC)NCC)C(/C=C\c1cc(OCC(O)CF)ccc1C)=C\CCC. The van der Waals surface area contributed by atoms with Gasteiger partial charge in [0, 0.05) is 12.2 Å². The lowest BCUT2D eigenvalue weighted by Gasteiger charge is -2.11. The minimum absolute atomic E-state index is 0.0580. The van der Waals surface area contributed by atoms with Crippen LogP contribution in [0.5, 0.6) is 5.75 Å². The second-order valence-electron chi connectivity index (χ2n) is 7.97. The molecule has 33 heavy (non-hydrogen) atoms. The van der Waals surface area contributed by atoms with E-state index in [4.69, 9.17) is 4.74 Å². The molecule has 1 aromatic rings. The molecule has 4 heteroatoms. The highest BCUT2D eigenvalue weighted by atomic mass is 19.1. The van der Waals surface area contributed by atoms with E-state index in [0.29, 0.717) is 5.75 Å². The quantitative estimate of drug-likeness (QED) is 0.274. The molecule has 0 saturated carbocycles. The molecule has 1 atom stereocenters. The maximum absolute atomic E-state index is 12.5. The van der Waals surface area contributed by atoms with E-state index in [2.05, 4.69) is 75.5 Å². The van der Waals surface area contributed by atoms with Crippen LogP contribution in [0.1, 0.15) is 64.5 Å². The summed E-state index contributed by atoms with van der Waals surface area (Å²) in [5.74, 6) is 0.620. The maximum Gasteiger partial charge on any atom is 0.120 e. The van der Waals surface area contributed by atoms with Crippen molar-refractivity contribution in [1.29, 1.82) is 0 Å². The largest absolute Gasteiger partial charge is 0.491 e. The van der Waals surface area contributed by atoms with Crippen LogP contribution in [-0.4, -0.2) is 31.0 Å². The predicted molar refractivity (Wildman–Crippen MR) is 140 cm³/mol. The van der Waals surface area contributed by atoms with Crippen molar-refractivity contribution >= 4 is 6.08 Å². The molecule has 0 amide bonds. The molecule has 0 bridgehead atoms. The number of rotatable bonds is 15. The van der Waals surface area contributed by atoms with E-state index in [1.54, 1.807) is 0 Å². The van der Waals surface area contributed by atoms with Gasteiger partial charge in [0.05, 0.1) is 0 Å². The van der Waals surface area contributed by atoms with Crippen molar-refractivity contribution in [3.8, 4) is 5.75 Å². The number of benzene rings is 1. The van der Waals surface area contributed by atoms with Gasteiger partial charge in [-0.15, -0.1) is 0 Å². The summed E-state index contributed by atoms with van der Waals surface area (Å²) in [6.07, 6.45) is 18.3. The van der Waals surface area contributed by atoms with Crippen molar-refractivity contribution in [3.05, 3.63) is 82.6 Å². The van der Waals surface area contributed by atoms with Crippen molar-refractivity contribution in [1.82, 2.24) is 5.32 Å². The van der Waals surface area contributed by atoms with E-state index < -0.39 is 12.8 Å². The van der Waals surface area contributed by atoms with Gasteiger partial charge in [0.1, 0.15) is 25.1 Å². The second kappa shape index (κ2) is 17.0. The Bertz CT molecular complexity index is 849. The van der Waals surface area contributed by atoms with Gasteiger partial charge < -0.3 is 15.2 Å². The Kier molecular flexibility index (Phi) is 14.6. The molecule has 0 aromatic heterocycles. The Morgan fingerprint density at radius 3 is 2.42 bits per heavy atom. The zero-order chi connectivity index (χ0) is 24.5. The third-order valence-corrected chi connectivity index (χ3v) is 5.09. The van der Waals surface area contributed by atoms with Crippen LogP contribution in [0.4, 0.5) is 4.39 Å². The van der Waals surface area contributed by atoms with Crippen LogP contribution in [0, 0.1) is 6.92 Å². The van der Waals surface area contributed by atoms with Crippen LogP contribution in [0.25, 0.3) is 6.08 Å². The molecule has 1 aromatic carbocycles. The van der Waals surface area contributed by atoms with E-state index >= 15 is 0 Å². The molecule has 0 heterocycles. The van der Waals surface area contributed by atoms with Gasteiger partial charge in [0.25, 0.3) is 0 Å². The zero-order valence-electron chi connectivity index (χ0n) is 21.0. The average molecular weight is 456 g/mol. The van der Waals surface area contributed by atoms with E-state index in [1.165, 1.54) is 5.57 Å². The van der Waals surface area contributed by atoms with E-state index in [1.807, 2.05) is 25.1 Å². The Balaban J connectivity index is 3.14. The second-order valence-corrected chi connectivity index (χ2v) is 7.97. The smallest absolute Gasteiger partial charge is 0.120 e. The minimum atomic E-state index is -1.10. The van der Waals surface area contributed by atoms with Gasteiger partial charge in [-0.3, -0.25) is 0 Å². The molecule has 0 saturated heterocycles. The zero-order valence-corrected chi connectivity index (χ0v) is 21.0. The number of aliphatic hydroxyl groups excluding tert-OH is 1. The van der Waals surface area contributed by atoms with Gasteiger partial charge in [-0.2, -0.15) is 0 Å². The Labute approximate surface area is 200 Å². The fraction of sp³-hybridized carbons (Fsp3) is 0.448. The monoisotopic (exact) mass is 455 g/mol. The Morgan fingerprint density at radius 2 is 1.79 bits per heavy atom. The van der Waals surface area contributed by atoms with E-state index in [-0.39, 0.29) is 6.61 Å². The molecular formula is C29H42FNO2. The summed E-state index contributed by atoms with van der Waals surface area (Å²) in [6.45, 7) is 10.6. The maximum atomic E-state index is 12.5. The highest BCUT2D eigenvalue weighted by Gasteiger charge is 2.06. The first-order valence-electron chi connectivity index (χ1n) is 12.1. The number of hydrogen-bond acceptors (Lipinski definition) is 3. The molecule has 182 valence electrons. The molecule has 0 aliphatic rings. The van der Waals surface area contributed by atoms with E-state index in [0.717, 1.165) is 54.6 Å². The summed E-state index contributed by atoms with van der Waals surface area (Å²) in [6, 6.07) is 5.75. The number of unbranched alkanes of at least 4 members (excludes halogenated alkanes) is 2. The molecule has 0 aliphatic heterocycles. The summed E-state index contributed by atoms with van der Waals surface area (Å²) in [7, 11) is 0. The summed E-state index contributed by atoms with van der Waals surface area (Å²) < 4.78 is 18.0. The highest BCUT2D eigenvalue weighted by molar-refractivity contribution is 5.62. The summed E-state index contributed by atoms with van der Waals surface area (Å²) in [4.78, 5) is 0. The van der Waals surface area contributed by atoms with Crippen LogP contribution in [0.15, 0.2) is 71.5 Å². The van der Waals surface area contributed by atoms with Crippen LogP contribution < -0.4 is 10.1 Å². The van der Waals surface area contributed by atoms with Crippen molar-refractivity contribution < 1.29 is 14.2 Å². The number of hydrogen-bond donors (Lipinski definition) is 2.